The number of carbonyl (C=O) groups excluding carboxylic acids is 2. The van der Waals surface area contributed by atoms with Crippen LogP contribution in [0.1, 0.15) is 38.5 Å². The number of halogens is 1. The number of thiazole rings is 1. The van der Waals surface area contributed by atoms with Gasteiger partial charge in [0.25, 0.3) is 0 Å². The lowest BCUT2D eigenvalue weighted by Crippen LogP contribution is -2.53. The lowest BCUT2D eigenvalue weighted by atomic mass is 9.77. The first kappa shape index (κ1) is 21.7. The highest BCUT2D eigenvalue weighted by Crippen LogP contribution is 2.38. The molecule has 0 spiro atoms. The smallest absolute Gasteiger partial charge is 0.226 e. The molecule has 1 saturated heterocycles. The zero-order chi connectivity index (χ0) is 22.3. The van der Waals surface area contributed by atoms with E-state index in [9.17, 15) is 14.9 Å². The van der Waals surface area contributed by atoms with E-state index in [2.05, 4.69) is 38.3 Å². The van der Waals surface area contributed by atoms with Gasteiger partial charge in [0, 0.05) is 42.5 Å². The molecular weight excluding hydrogens is 490 g/mol. The first-order valence-electron chi connectivity index (χ1n) is 11.3. The van der Waals surface area contributed by atoms with E-state index in [0.29, 0.717) is 25.9 Å². The number of nitriles is 1. The minimum Gasteiger partial charge on any atom is -0.345 e. The van der Waals surface area contributed by atoms with Crippen LogP contribution in [0.3, 0.4) is 0 Å². The summed E-state index contributed by atoms with van der Waals surface area (Å²) in [7, 11) is 0. The van der Waals surface area contributed by atoms with Gasteiger partial charge in [0.2, 0.25) is 11.8 Å². The summed E-state index contributed by atoms with van der Waals surface area (Å²) in [6, 6.07) is 8.33. The maximum atomic E-state index is 13.4. The van der Waals surface area contributed by atoms with Gasteiger partial charge >= 0.3 is 0 Å². The molecule has 2 saturated carbocycles. The highest BCUT2D eigenvalue weighted by atomic mass is 79.9. The van der Waals surface area contributed by atoms with Gasteiger partial charge in [-0.2, -0.15) is 5.26 Å². The van der Waals surface area contributed by atoms with Crippen molar-refractivity contribution in [1.82, 2.24) is 15.2 Å². The SMILES string of the molecule is N#CC1(NC(=O)[C@@H]2CCCC[C@H]2C(=O)N2CCN(c3nc4ccc(Br)cc4s3)CC2)CC1. The molecule has 2 atom stereocenters. The quantitative estimate of drug-likeness (QED) is 0.670. The van der Waals surface area contributed by atoms with E-state index >= 15 is 0 Å². The summed E-state index contributed by atoms with van der Waals surface area (Å²) in [5.41, 5.74) is 0.314. The van der Waals surface area contributed by atoms with E-state index in [1.165, 1.54) is 0 Å². The van der Waals surface area contributed by atoms with Crippen LogP contribution >= 0.6 is 27.3 Å². The van der Waals surface area contributed by atoms with Crippen molar-refractivity contribution >= 4 is 54.4 Å². The van der Waals surface area contributed by atoms with Crippen molar-refractivity contribution < 1.29 is 9.59 Å². The fourth-order valence-corrected chi connectivity index (χ4v) is 6.40. The lowest BCUT2D eigenvalue weighted by Gasteiger charge is -2.39. The molecule has 3 fully saturated rings. The normalized spacial score (nSPS) is 24.8. The van der Waals surface area contributed by atoms with Crippen molar-refractivity contribution in [2.45, 2.75) is 44.1 Å². The van der Waals surface area contributed by atoms with Crippen LogP contribution in [0.15, 0.2) is 22.7 Å². The highest BCUT2D eigenvalue weighted by Gasteiger charge is 2.47. The van der Waals surface area contributed by atoms with Gasteiger partial charge in [-0.25, -0.2) is 4.98 Å². The van der Waals surface area contributed by atoms with Gasteiger partial charge in [0.15, 0.2) is 5.13 Å². The van der Waals surface area contributed by atoms with E-state index in [4.69, 9.17) is 4.98 Å². The second-order valence-electron chi connectivity index (χ2n) is 9.10. The van der Waals surface area contributed by atoms with Crippen LogP contribution in [0, 0.1) is 23.2 Å². The van der Waals surface area contributed by atoms with Crippen LogP contribution in [0.2, 0.25) is 0 Å². The minimum atomic E-state index is -0.680. The Morgan fingerprint density at radius 3 is 2.56 bits per heavy atom. The largest absolute Gasteiger partial charge is 0.345 e. The first-order valence-corrected chi connectivity index (χ1v) is 12.9. The van der Waals surface area contributed by atoms with E-state index in [-0.39, 0.29) is 23.7 Å². The molecule has 9 heteroatoms. The molecule has 0 radical (unpaired) electrons. The van der Waals surface area contributed by atoms with Crippen molar-refractivity contribution in [3.63, 3.8) is 0 Å². The van der Waals surface area contributed by atoms with Crippen LogP contribution in [-0.4, -0.2) is 53.4 Å². The summed E-state index contributed by atoms with van der Waals surface area (Å²) < 4.78 is 2.19. The van der Waals surface area contributed by atoms with E-state index < -0.39 is 5.54 Å². The van der Waals surface area contributed by atoms with E-state index in [1.54, 1.807) is 11.3 Å². The molecule has 2 amide bonds. The molecule has 3 aliphatic rings. The third-order valence-corrected chi connectivity index (χ3v) is 8.52. The van der Waals surface area contributed by atoms with Crippen LogP contribution < -0.4 is 10.2 Å². The zero-order valence-electron chi connectivity index (χ0n) is 17.8. The Kier molecular flexibility index (Phi) is 5.84. The fourth-order valence-electron chi connectivity index (χ4n) is 4.83. The van der Waals surface area contributed by atoms with Gasteiger partial charge in [-0.1, -0.05) is 40.1 Å². The van der Waals surface area contributed by atoms with Crippen LogP contribution in [0.5, 0.6) is 0 Å². The standard InChI is InChI=1S/C23H26BrN5O2S/c24-15-5-6-18-19(13-15)32-22(26-18)29-11-9-28(10-12-29)21(31)17-4-2-1-3-16(17)20(30)27-23(14-25)7-8-23/h5-6,13,16-17H,1-4,7-12H2,(H,27,30)/t16-,17-/m1/s1. The number of carbonyl (C=O) groups is 2. The van der Waals surface area contributed by atoms with Crippen LogP contribution in [0.4, 0.5) is 5.13 Å². The molecular formula is C23H26BrN5O2S. The summed E-state index contributed by atoms with van der Waals surface area (Å²) in [4.78, 5) is 35.2. The predicted molar refractivity (Wildman–Crippen MR) is 127 cm³/mol. The second-order valence-corrected chi connectivity index (χ2v) is 11.0. The molecule has 32 heavy (non-hydrogen) atoms. The molecule has 7 nitrogen and oxygen atoms in total. The maximum Gasteiger partial charge on any atom is 0.226 e. The number of hydrogen-bond acceptors (Lipinski definition) is 6. The fraction of sp³-hybridized carbons (Fsp3) is 0.565. The van der Waals surface area contributed by atoms with Gasteiger partial charge in [-0.3, -0.25) is 9.59 Å². The minimum absolute atomic E-state index is 0.0968. The molecule has 1 N–H and O–H groups in total. The summed E-state index contributed by atoms with van der Waals surface area (Å²) >= 11 is 5.19. The van der Waals surface area contributed by atoms with Crippen molar-refractivity contribution in [2.75, 3.05) is 31.1 Å². The summed E-state index contributed by atoms with van der Waals surface area (Å²) in [6.07, 6.45) is 4.85. The van der Waals surface area contributed by atoms with Gasteiger partial charge in [0.05, 0.1) is 16.3 Å². The Bertz CT molecular complexity index is 1080. The average molecular weight is 516 g/mol. The lowest BCUT2D eigenvalue weighted by molar-refractivity contribution is -0.144. The number of amides is 2. The predicted octanol–water partition coefficient (Wildman–Crippen LogP) is 3.69. The van der Waals surface area contributed by atoms with Crippen LogP contribution in [-0.2, 0) is 9.59 Å². The van der Waals surface area contributed by atoms with Gasteiger partial charge in [-0.05, 0) is 43.9 Å². The maximum absolute atomic E-state index is 13.4. The number of fused-ring (bicyclic) bond motifs is 1. The monoisotopic (exact) mass is 515 g/mol. The second kappa shape index (κ2) is 8.64. The van der Waals surface area contributed by atoms with Gasteiger partial charge in [-0.15, -0.1) is 0 Å². The number of nitrogens with zero attached hydrogens (tertiary/aromatic N) is 4. The molecule has 2 heterocycles. The Morgan fingerprint density at radius 1 is 1.16 bits per heavy atom. The number of piperazine rings is 1. The molecule has 2 aliphatic carbocycles. The molecule has 2 aromatic rings. The Hall–Kier alpha value is -2.18. The van der Waals surface area contributed by atoms with Gasteiger partial charge < -0.3 is 15.1 Å². The molecule has 5 rings (SSSR count). The third-order valence-electron chi connectivity index (χ3n) is 6.95. The van der Waals surface area contributed by atoms with Crippen molar-refractivity contribution in [1.29, 1.82) is 5.26 Å². The first-order chi connectivity index (χ1) is 15.5. The molecule has 1 aliphatic heterocycles. The Balaban J connectivity index is 1.22. The zero-order valence-corrected chi connectivity index (χ0v) is 20.3. The van der Waals surface area contributed by atoms with Gasteiger partial charge in [0.1, 0.15) is 5.54 Å². The number of benzene rings is 1. The van der Waals surface area contributed by atoms with Crippen molar-refractivity contribution in [3.8, 4) is 6.07 Å². The molecule has 1 aromatic carbocycles. The third kappa shape index (κ3) is 4.23. The van der Waals surface area contributed by atoms with E-state index in [0.717, 1.165) is 58.6 Å². The molecule has 0 unspecified atom stereocenters. The summed E-state index contributed by atoms with van der Waals surface area (Å²) in [5.74, 6) is -0.603. The summed E-state index contributed by atoms with van der Waals surface area (Å²) in [6.45, 7) is 2.78. The number of hydrogen-bond donors (Lipinski definition) is 1. The Labute approximate surface area is 199 Å². The Morgan fingerprint density at radius 2 is 1.88 bits per heavy atom. The topological polar surface area (TPSA) is 89.3 Å². The number of aromatic nitrogens is 1. The highest BCUT2D eigenvalue weighted by molar-refractivity contribution is 9.10. The number of nitrogens with one attached hydrogen (secondary N) is 1. The molecule has 168 valence electrons. The average Bonchev–Trinajstić information content (AvgIpc) is 3.47. The van der Waals surface area contributed by atoms with Crippen LogP contribution in [0.25, 0.3) is 10.2 Å². The molecule has 1 aromatic heterocycles. The summed E-state index contributed by atoms with van der Waals surface area (Å²) in [5, 5.41) is 13.2. The van der Waals surface area contributed by atoms with E-state index in [1.807, 2.05) is 17.0 Å². The number of anilines is 1. The molecule has 0 bridgehead atoms. The number of rotatable bonds is 4. The van der Waals surface area contributed by atoms with Crippen molar-refractivity contribution in [3.05, 3.63) is 22.7 Å². The van der Waals surface area contributed by atoms with Crippen molar-refractivity contribution in [2.24, 2.45) is 11.8 Å².